The van der Waals surface area contributed by atoms with Crippen LogP contribution in [-0.4, -0.2) is 30.5 Å². The zero-order valence-corrected chi connectivity index (χ0v) is 13.2. The Balaban J connectivity index is 2.46. The molecule has 0 fully saturated rings. The van der Waals surface area contributed by atoms with Gasteiger partial charge in [-0.05, 0) is 44.5 Å². The van der Waals surface area contributed by atoms with Crippen LogP contribution in [0.25, 0.3) is 0 Å². The fourth-order valence-electron chi connectivity index (χ4n) is 1.57. The number of carbonyl (C=O) groups is 2. The van der Waals surface area contributed by atoms with Crippen LogP contribution in [0, 0.1) is 0 Å². The average Bonchev–Trinajstić information content (AvgIpc) is 2.46. The summed E-state index contributed by atoms with van der Waals surface area (Å²) in [4.78, 5) is 23.6. The van der Waals surface area contributed by atoms with Crippen LogP contribution in [0.3, 0.4) is 0 Å². The molecule has 0 spiro atoms. The van der Waals surface area contributed by atoms with Crippen molar-refractivity contribution in [1.29, 1.82) is 0 Å². The maximum Gasteiger partial charge on any atom is 0.261 e. The smallest absolute Gasteiger partial charge is 0.261 e. The lowest BCUT2D eigenvalue weighted by molar-refractivity contribution is -0.132. The molecule has 0 saturated heterocycles. The SMILES string of the molecule is CCCNC(=O)[C@@H](C)NC(=O)[C@H](C)Oc1ccc(Cl)cc1. The van der Waals surface area contributed by atoms with E-state index in [4.69, 9.17) is 16.3 Å². The van der Waals surface area contributed by atoms with E-state index in [9.17, 15) is 9.59 Å². The highest BCUT2D eigenvalue weighted by molar-refractivity contribution is 6.30. The van der Waals surface area contributed by atoms with Gasteiger partial charge in [0, 0.05) is 11.6 Å². The van der Waals surface area contributed by atoms with Crippen molar-refractivity contribution in [3.05, 3.63) is 29.3 Å². The minimum atomic E-state index is -0.701. The second-order valence-electron chi connectivity index (χ2n) is 4.74. The first-order valence-corrected chi connectivity index (χ1v) is 7.32. The fourth-order valence-corrected chi connectivity index (χ4v) is 1.69. The van der Waals surface area contributed by atoms with Gasteiger partial charge in [0.1, 0.15) is 11.8 Å². The van der Waals surface area contributed by atoms with Crippen molar-refractivity contribution in [3.63, 3.8) is 0 Å². The number of hydrogen-bond donors (Lipinski definition) is 2. The first-order chi connectivity index (χ1) is 9.93. The predicted molar refractivity (Wildman–Crippen MR) is 82.4 cm³/mol. The minimum Gasteiger partial charge on any atom is -0.481 e. The van der Waals surface area contributed by atoms with E-state index in [0.717, 1.165) is 6.42 Å². The summed E-state index contributed by atoms with van der Waals surface area (Å²) in [6.45, 7) is 5.82. The van der Waals surface area contributed by atoms with Crippen molar-refractivity contribution in [2.45, 2.75) is 39.3 Å². The monoisotopic (exact) mass is 312 g/mol. The standard InChI is InChI=1S/C15H21ClN2O3/c1-4-9-17-14(19)10(2)18-15(20)11(3)21-13-7-5-12(16)6-8-13/h5-8,10-11H,4,9H2,1-3H3,(H,17,19)(H,18,20)/t10-,11+/m1/s1. The van der Waals surface area contributed by atoms with Crippen LogP contribution in [0.4, 0.5) is 0 Å². The Bertz CT molecular complexity index is 476. The van der Waals surface area contributed by atoms with Crippen molar-refractivity contribution in [3.8, 4) is 5.75 Å². The average molecular weight is 313 g/mol. The van der Waals surface area contributed by atoms with Crippen molar-refractivity contribution in [2.75, 3.05) is 6.54 Å². The van der Waals surface area contributed by atoms with Gasteiger partial charge in [0.05, 0.1) is 0 Å². The van der Waals surface area contributed by atoms with Crippen LogP contribution in [0.1, 0.15) is 27.2 Å². The van der Waals surface area contributed by atoms with Gasteiger partial charge in [0.15, 0.2) is 6.10 Å². The number of carbonyl (C=O) groups excluding carboxylic acids is 2. The molecule has 0 aliphatic rings. The van der Waals surface area contributed by atoms with Crippen LogP contribution in [-0.2, 0) is 9.59 Å². The Labute approximate surface area is 130 Å². The molecule has 0 aromatic heterocycles. The van der Waals surface area contributed by atoms with Gasteiger partial charge in [0.25, 0.3) is 5.91 Å². The highest BCUT2D eigenvalue weighted by atomic mass is 35.5. The fraction of sp³-hybridized carbons (Fsp3) is 0.467. The number of hydrogen-bond acceptors (Lipinski definition) is 3. The molecule has 0 bridgehead atoms. The topological polar surface area (TPSA) is 67.4 Å². The second-order valence-corrected chi connectivity index (χ2v) is 5.17. The van der Waals surface area contributed by atoms with Crippen LogP contribution in [0.15, 0.2) is 24.3 Å². The third-order valence-electron chi connectivity index (χ3n) is 2.80. The molecule has 1 aromatic carbocycles. The summed E-state index contributed by atoms with van der Waals surface area (Å²) < 4.78 is 5.49. The molecule has 5 nitrogen and oxygen atoms in total. The number of nitrogens with one attached hydrogen (secondary N) is 2. The van der Waals surface area contributed by atoms with Crippen molar-refractivity contribution >= 4 is 23.4 Å². The van der Waals surface area contributed by atoms with Gasteiger partial charge in [-0.15, -0.1) is 0 Å². The Hall–Kier alpha value is -1.75. The maximum atomic E-state index is 12.0. The van der Waals surface area contributed by atoms with Crippen LogP contribution in [0.2, 0.25) is 5.02 Å². The van der Waals surface area contributed by atoms with Gasteiger partial charge in [-0.3, -0.25) is 9.59 Å². The summed E-state index contributed by atoms with van der Waals surface area (Å²) in [5.41, 5.74) is 0. The summed E-state index contributed by atoms with van der Waals surface area (Å²) in [6.07, 6.45) is 0.148. The number of halogens is 1. The van der Waals surface area contributed by atoms with Crippen molar-refractivity contribution in [2.24, 2.45) is 0 Å². The lowest BCUT2D eigenvalue weighted by Gasteiger charge is -2.18. The summed E-state index contributed by atoms with van der Waals surface area (Å²) in [7, 11) is 0. The molecule has 116 valence electrons. The molecule has 0 saturated carbocycles. The Kier molecular flexibility index (Phi) is 7.02. The largest absolute Gasteiger partial charge is 0.481 e. The van der Waals surface area contributed by atoms with Crippen molar-refractivity contribution < 1.29 is 14.3 Å². The summed E-state index contributed by atoms with van der Waals surface area (Å²) >= 11 is 5.78. The lowest BCUT2D eigenvalue weighted by Crippen LogP contribution is -2.48. The molecular formula is C15H21ClN2O3. The quantitative estimate of drug-likeness (QED) is 0.810. The number of amides is 2. The number of ether oxygens (including phenoxy) is 1. The van der Waals surface area contributed by atoms with Crippen LogP contribution >= 0.6 is 11.6 Å². The van der Waals surface area contributed by atoms with E-state index in [1.165, 1.54) is 0 Å². The molecular weight excluding hydrogens is 292 g/mol. The highest BCUT2D eigenvalue weighted by Crippen LogP contribution is 2.16. The highest BCUT2D eigenvalue weighted by Gasteiger charge is 2.20. The molecule has 0 aliphatic heterocycles. The second kappa shape index (κ2) is 8.52. The molecule has 2 N–H and O–H groups in total. The Morgan fingerprint density at radius 2 is 1.81 bits per heavy atom. The third-order valence-corrected chi connectivity index (χ3v) is 3.05. The molecule has 2 amide bonds. The molecule has 0 aliphatic carbocycles. The van der Waals surface area contributed by atoms with Crippen LogP contribution < -0.4 is 15.4 Å². The van der Waals surface area contributed by atoms with Gasteiger partial charge in [-0.1, -0.05) is 18.5 Å². The summed E-state index contributed by atoms with van der Waals surface area (Å²) in [6, 6.07) is 6.14. The zero-order valence-electron chi connectivity index (χ0n) is 12.5. The van der Waals surface area contributed by atoms with Crippen molar-refractivity contribution in [1.82, 2.24) is 10.6 Å². The van der Waals surface area contributed by atoms with Gasteiger partial charge in [-0.25, -0.2) is 0 Å². The first kappa shape index (κ1) is 17.3. The summed E-state index contributed by atoms with van der Waals surface area (Å²) in [5.74, 6) is -0.00173. The number of benzene rings is 1. The molecule has 0 radical (unpaired) electrons. The molecule has 1 aromatic rings. The van der Waals surface area contributed by atoms with E-state index in [1.54, 1.807) is 38.1 Å². The Morgan fingerprint density at radius 3 is 2.38 bits per heavy atom. The lowest BCUT2D eigenvalue weighted by atomic mass is 10.2. The van der Waals surface area contributed by atoms with E-state index in [1.807, 2.05) is 6.92 Å². The van der Waals surface area contributed by atoms with Gasteiger partial charge in [0.2, 0.25) is 5.91 Å². The normalized spacial score (nSPS) is 13.1. The van der Waals surface area contributed by atoms with Gasteiger partial charge in [-0.2, -0.15) is 0 Å². The van der Waals surface area contributed by atoms with Crippen LogP contribution in [0.5, 0.6) is 5.75 Å². The maximum absolute atomic E-state index is 12.0. The predicted octanol–water partition coefficient (Wildman–Crippen LogP) is 2.14. The van der Waals surface area contributed by atoms with E-state index in [-0.39, 0.29) is 11.8 Å². The van der Waals surface area contributed by atoms with E-state index < -0.39 is 12.1 Å². The molecule has 2 atom stereocenters. The first-order valence-electron chi connectivity index (χ1n) is 6.94. The molecule has 6 heteroatoms. The number of rotatable bonds is 7. The van der Waals surface area contributed by atoms with E-state index >= 15 is 0 Å². The summed E-state index contributed by atoms with van der Waals surface area (Å²) in [5, 5.41) is 5.94. The molecule has 0 heterocycles. The third kappa shape index (κ3) is 6.04. The van der Waals surface area contributed by atoms with E-state index in [0.29, 0.717) is 17.3 Å². The molecule has 0 unspecified atom stereocenters. The molecule has 1 rings (SSSR count). The zero-order chi connectivity index (χ0) is 15.8. The molecule has 21 heavy (non-hydrogen) atoms. The van der Waals surface area contributed by atoms with Gasteiger partial charge >= 0.3 is 0 Å². The van der Waals surface area contributed by atoms with E-state index in [2.05, 4.69) is 10.6 Å². The Morgan fingerprint density at radius 1 is 1.19 bits per heavy atom. The van der Waals surface area contributed by atoms with Gasteiger partial charge < -0.3 is 15.4 Å². The minimum absolute atomic E-state index is 0.205.